The second kappa shape index (κ2) is 22.5. The van der Waals surface area contributed by atoms with Gasteiger partial charge in [-0.3, -0.25) is 5.26 Å². The highest BCUT2D eigenvalue weighted by atomic mass is 32.2. The molecule has 0 aliphatic heterocycles. The Balaban J connectivity index is 0.000000291. The fourth-order valence-corrected chi connectivity index (χ4v) is 5.12. The predicted octanol–water partition coefficient (Wildman–Crippen LogP) is 5.17. The van der Waals surface area contributed by atoms with Crippen molar-refractivity contribution in [3.05, 3.63) is 130 Å². The lowest BCUT2D eigenvalue weighted by Crippen LogP contribution is -2.29. The van der Waals surface area contributed by atoms with Gasteiger partial charge in [-0.25, -0.2) is 40.1 Å². The van der Waals surface area contributed by atoms with Gasteiger partial charge in [0.2, 0.25) is 20.0 Å². The van der Waals surface area contributed by atoms with Crippen LogP contribution in [0.15, 0.2) is 97.1 Å². The van der Waals surface area contributed by atoms with Crippen LogP contribution in [0.3, 0.4) is 0 Å². The van der Waals surface area contributed by atoms with Gasteiger partial charge >= 0.3 is 0 Å². The van der Waals surface area contributed by atoms with Gasteiger partial charge in [-0.15, -0.1) is 0 Å². The van der Waals surface area contributed by atoms with Crippen molar-refractivity contribution in [2.75, 3.05) is 59.5 Å². The van der Waals surface area contributed by atoms with Crippen molar-refractivity contribution in [1.82, 2.24) is 8.61 Å². The summed E-state index contributed by atoms with van der Waals surface area (Å²) in [4.78, 5) is 14.4. The molecule has 12 nitrogen and oxygen atoms in total. The summed E-state index contributed by atoms with van der Waals surface area (Å²) in [5.74, 6) is 13.5. The van der Waals surface area contributed by atoms with E-state index in [1.54, 1.807) is 24.3 Å². The Kier molecular flexibility index (Phi) is 18.2. The van der Waals surface area contributed by atoms with Crippen LogP contribution < -0.4 is 9.47 Å². The third-order valence-corrected chi connectivity index (χ3v) is 10.1. The molecule has 4 rings (SSSR count). The van der Waals surface area contributed by atoms with Crippen molar-refractivity contribution in [3.8, 4) is 35.2 Å². The third kappa shape index (κ3) is 16.1. The summed E-state index contributed by atoms with van der Waals surface area (Å²) >= 11 is 0. The molecule has 4 aromatic rings. The fourth-order valence-electron chi connectivity index (χ4n) is 4.31. The summed E-state index contributed by atoms with van der Waals surface area (Å²) in [7, 11) is -3.48. The molecule has 1 N–H and O–H groups in total. The summed E-state index contributed by atoms with van der Waals surface area (Å²) < 4.78 is 59.5. The summed E-state index contributed by atoms with van der Waals surface area (Å²) in [6.07, 6.45) is 2.30. The number of nitrogens with zero attached hydrogens (tertiary/aromatic N) is 2. The molecule has 0 aromatic heterocycles. The molecule has 0 heterocycles. The maximum absolute atomic E-state index is 11.5. The Labute approximate surface area is 319 Å². The van der Waals surface area contributed by atoms with Crippen molar-refractivity contribution in [3.63, 3.8) is 0 Å². The predicted molar refractivity (Wildman–Crippen MR) is 207 cm³/mol. The molecule has 0 unspecified atom stereocenters. The lowest BCUT2D eigenvalue weighted by atomic mass is 10.1. The third-order valence-electron chi connectivity index (χ3n) is 7.47. The standard InChI is InChI=1S/C21H25NO5S.C19H21NO5S/c1-4-26-27-17-20-16-19(11-10-18-8-6-5-7-9-18)12-13-21(20)25-15-14-22(2)28(3,23)24;1-20(26(2,22)23)12-13-24-19-11-10-17(14-18(19)15-25-21)9-8-16-6-4-3-5-7-16/h5-9,12-13,16H,4,14-15,17H2,1-3H3;3-7,10-11,14,21H,12-13,15H2,1-2H3. The molecule has 0 radical (unpaired) electrons. The van der Waals surface area contributed by atoms with Crippen LogP contribution in [-0.2, 0) is 47.9 Å². The first-order chi connectivity index (χ1) is 25.8. The maximum Gasteiger partial charge on any atom is 0.211 e. The van der Waals surface area contributed by atoms with E-state index in [-0.39, 0.29) is 39.5 Å². The second-order valence-corrected chi connectivity index (χ2v) is 15.9. The van der Waals surface area contributed by atoms with E-state index in [4.69, 9.17) is 24.5 Å². The molecule has 0 saturated heterocycles. The van der Waals surface area contributed by atoms with Gasteiger partial charge in [-0.05, 0) is 67.6 Å². The highest BCUT2D eigenvalue weighted by Crippen LogP contribution is 2.22. The Hall–Kier alpha value is -4.74. The van der Waals surface area contributed by atoms with Crippen LogP contribution in [0.1, 0.15) is 40.3 Å². The van der Waals surface area contributed by atoms with Crippen LogP contribution >= 0.6 is 0 Å². The van der Waals surface area contributed by atoms with Crippen molar-refractivity contribution in [2.45, 2.75) is 20.1 Å². The number of sulfonamides is 2. The first-order valence-corrected chi connectivity index (χ1v) is 20.5. The quantitative estimate of drug-likeness (QED) is 0.0701. The number of ether oxygens (including phenoxy) is 2. The van der Waals surface area contributed by atoms with Gasteiger partial charge in [0.1, 0.15) is 37.9 Å². The zero-order valence-corrected chi connectivity index (χ0v) is 32.7. The van der Waals surface area contributed by atoms with E-state index in [1.165, 1.54) is 22.7 Å². The van der Waals surface area contributed by atoms with E-state index in [9.17, 15) is 16.8 Å². The lowest BCUT2D eigenvalue weighted by Gasteiger charge is -2.16. The van der Waals surface area contributed by atoms with Crippen LogP contribution in [-0.4, -0.2) is 90.2 Å². The molecule has 0 spiro atoms. The van der Waals surface area contributed by atoms with E-state index in [0.29, 0.717) is 23.7 Å². The normalized spacial score (nSPS) is 11.1. The molecule has 0 amide bonds. The van der Waals surface area contributed by atoms with Gasteiger partial charge in [0.25, 0.3) is 0 Å². The van der Waals surface area contributed by atoms with Gasteiger partial charge in [-0.1, -0.05) is 60.1 Å². The van der Waals surface area contributed by atoms with Crippen LogP contribution in [0.5, 0.6) is 11.5 Å². The molecule has 14 heteroatoms. The summed E-state index contributed by atoms with van der Waals surface area (Å²) in [5, 5.41) is 8.78. The highest BCUT2D eigenvalue weighted by molar-refractivity contribution is 7.88. The van der Waals surface area contributed by atoms with Crippen molar-refractivity contribution < 1.29 is 46.2 Å². The number of likely N-dealkylation sites (N-methyl/N-ethyl adjacent to an activating group) is 2. The Bertz CT molecular complexity index is 2110. The largest absolute Gasteiger partial charge is 0.492 e. The molecule has 0 fully saturated rings. The molecule has 4 aromatic carbocycles. The Morgan fingerprint density at radius 1 is 0.574 bits per heavy atom. The minimum Gasteiger partial charge on any atom is -0.492 e. The molecule has 54 heavy (non-hydrogen) atoms. The van der Waals surface area contributed by atoms with Gasteiger partial charge in [-0.2, -0.15) is 0 Å². The van der Waals surface area contributed by atoms with Crippen LogP contribution in [0.25, 0.3) is 0 Å². The van der Waals surface area contributed by atoms with E-state index in [2.05, 4.69) is 28.6 Å². The molecule has 0 aliphatic carbocycles. The van der Waals surface area contributed by atoms with Crippen LogP contribution in [0.4, 0.5) is 0 Å². The molecule has 288 valence electrons. The van der Waals surface area contributed by atoms with E-state index in [1.807, 2.05) is 79.7 Å². The van der Waals surface area contributed by atoms with Gasteiger partial charge in [0.15, 0.2) is 0 Å². The average Bonchev–Trinajstić information content (AvgIpc) is 3.15. The van der Waals surface area contributed by atoms with Crippen molar-refractivity contribution >= 4 is 20.0 Å². The van der Waals surface area contributed by atoms with Gasteiger partial charge < -0.3 is 9.47 Å². The number of rotatable bonds is 16. The number of benzene rings is 4. The van der Waals surface area contributed by atoms with Crippen LogP contribution in [0.2, 0.25) is 0 Å². The second-order valence-electron chi connectivity index (χ2n) is 11.7. The SMILES string of the molecule is CCOOCc1cc(C#Cc2ccccc2)ccc1OCCN(C)S(C)(=O)=O.CN(CCOc1ccc(C#Cc2ccccc2)cc1COO)S(C)(=O)=O. The molecular formula is C40H46N2O10S2. The first-order valence-electron chi connectivity index (χ1n) is 16.8. The smallest absolute Gasteiger partial charge is 0.211 e. The first kappa shape index (κ1) is 43.7. The highest BCUT2D eigenvalue weighted by Gasteiger charge is 2.13. The summed E-state index contributed by atoms with van der Waals surface area (Å²) in [5.41, 5.74) is 4.79. The van der Waals surface area contributed by atoms with E-state index in [0.717, 1.165) is 40.3 Å². The molecular weight excluding hydrogens is 733 g/mol. The topological polar surface area (TPSA) is 141 Å². The van der Waals surface area contributed by atoms with Gasteiger partial charge in [0.05, 0.1) is 19.1 Å². The molecule has 0 atom stereocenters. The zero-order valence-electron chi connectivity index (χ0n) is 31.0. The monoisotopic (exact) mass is 778 g/mol. The fraction of sp³-hybridized carbons (Fsp3) is 0.300. The lowest BCUT2D eigenvalue weighted by molar-refractivity contribution is -0.300. The van der Waals surface area contributed by atoms with E-state index < -0.39 is 20.0 Å². The number of hydrogen-bond donors (Lipinski definition) is 1. The van der Waals surface area contributed by atoms with Gasteiger partial charge in [0, 0.05) is 60.6 Å². The molecule has 0 saturated carbocycles. The minimum atomic E-state index is -3.25. The number of hydrogen-bond acceptors (Lipinski definition) is 10. The minimum absolute atomic E-state index is 0.0574. The van der Waals surface area contributed by atoms with Crippen molar-refractivity contribution in [2.24, 2.45) is 0 Å². The Morgan fingerprint density at radius 2 is 0.981 bits per heavy atom. The average molecular weight is 779 g/mol. The summed E-state index contributed by atoms with van der Waals surface area (Å²) in [6.45, 7) is 3.28. The van der Waals surface area contributed by atoms with E-state index >= 15 is 0 Å². The van der Waals surface area contributed by atoms with Crippen LogP contribution in [0, 0.1) is 23.7 Å². The Morgan fingerprint density at radius 3 is 1.37 bits per heavy atom. The molecule has 0 aliphatic rings. The maximum atomic E-state index is 11.5. The summed E-state index contributed by atoms with van der Waals surface area (Å²) in [6, 6.07) is 30.1. The zero-order chi connectivity index (χ0) is 39.4. The van der Waals surface area contributed by atoms with Crippen molar-refractivity contribution in [1.29, 1.82) is 0 Å². The molecule has 0 bridgehead atoms.